The summed E-state index contributed by atoms with van der Waals surface area (Å²) in [5.41, 5.74) is 7.53. The van der Waals surface area contributed by atoms with E-state index in [0.717, 1.165) is 0 Å². The summed E-state index contributed by atoms with van der Waals surface area (Å²) in [7, 11) is 0. The number of nitrogen functional groups attached to an aromatic ring is 1. The second-order valence-corrected chi connectivity index (χ2v) is 9.29. The Kier molecular flexibility index (Phi) is 8.03. The van der Waals surface area contributed by atoms with Gasteiger partial charge in [-0.25, -0.2) is 24.1 Å². The second kappa shape index (κ2) is 11.6. The van der Waals surface area contributed by atoms with E-state index in [1.807, 2.05) is 0 Å². The molecule has 0 aliphatic rings. The minimum Gasteiger partial charge on any atom is -0.465 e. The smallest absolute Gasteiger partial charge is 0.407 e. The Labute approximate surface area is 215 Å². The van der Waals surface area contributed by atoms with Gasteiger partial charge in [0.15, 0.2) is 5.82 Å². The molecule has 4 rings (SSSR count). The summed E-state index contributed by atoms with van der Waals surface area (Å²) < 4.78 is 13.9. The lowest BCUT2D eigenvalue weighted by Gasteiger charge is -2.22. The summed E-state index contributed by atoms with van der Waals surface area (Å²) >= 11 is 1.31. The zero-order valence-corrected chi connectivity index (χ0v) is 20.7. The molecule has 0 bridgehead atoms. The first kappa shape index (κ1) is 25.7. The van der Waals surface area contributed by atoms with Crippen molar-refractivity contribution in [2.45, 2.75) is 19.9 Å². The maximum absolute atomic E-state index is 13.9. The number of nitrogens with two attached hydrogens (primary N) is 1. The average molecular weight is 525 g/mol. The molecular formula is C24H25FN8O3S. The maximum atomic E-state index is 13.9. The molecule has 0 aliphatic heterocycles. The number of para-hydroxylation sites is 2. The molecular weight excluding hydrogens is 499 g/mol. The average Bonchev–Trinajstić information content (AvgIpc) is 3.31. The zero-order chi connectivity index (χ0) is 26.4. The van der Waals surface area contributed by atoms with Crippen LogP contribution in [0, 0.1) is 11.7 Å². The van der Waals surface area contributed by atoms with Crippen molar-refractivity contribution in [2.75, 3.05) is 29.5 Å². The van der Waals surface area contributed by atoms with Gasteiger partial charge >= 0.3 is 6.09 Å². The van der Waals surface area contributed by atoms with E-state index in [1.54, 1.807) is 31.2 Å². The second-order valence-electron chi connectivity index (χ2n) is 8.23. The highest BCUT2D eigenvalue weighted by Gasteiger charge is 2.22. The summed E-state index contributed by atoms with van der Waals surface area (Å²) in [4.78, 5) is 43.3. The van der Waals surface area contributed by atoms with Crippen LogP contribution in [0.25, 0.3) is 10.3 Å². The lowest BCUT2D eigenvalue weighted by molar-refractivity contribution is -0.119. The topological polar surface area (TPSA) is 159 Å². The van der Waals surface area contributed by atoms with Gasteiger partial charge in [0.1, 0.15) is 22.5 Å². The van der Waals surface area contributed by atoms with Gasteiger partial charge in [0.25, 0.3) is 0 Å². The number of carbonyl (C=O) groups excluding carboxylic acids is 1. The van der Waals surface area contributed by atoms with E-state index in [9.17, 15) is 19.1 Å². The first-order valence-corrected chi connectivity index (χ1v) is 12.2. The number of aromatic nitrogens is 4. The first-order chi connectivity index (χ1) is 17.8. The van der Waals surface area contributed by atoms with Crippen molar-refractivity contribution in [3.8, 4) is 0 Å². The molecule has 0 aliphatic carbocycles. The van der Waals surface area contributed by atoms with Gasteiger partial charge in [-0.2, -0.15) is 0 Å². The number of amides is 2. The molecule has 0 spiro atoms. The van der Waals surface area contributed by atoms with Crippen LogP contribution in [-0.2, 0) is 17.8 Å². The number of pyridine rings is 1. The molecule has 3 heterocycles. The van der Waals surface area contributed by atoms with Crippen molar-refractivity contribution in [2.24, 2.45) is 5.92 Å². The number of fused-ring (bicyclic) bond motifs is 1. The maximum Gasteiger partial charge on any atom is 0.407 e. The van der Waals surface area contributed by atoms with E-state index < -0.39 is 17.8 Å². The van der Waals surface area contributed by atoms with E-state index in [4.69, 9.17) is 5.73 Å². The van der Waals surface area contributed by atoms with Gasteiger partial charge in [-0.05, 0) is 24.3 Å². The molecule has 0 radical (unpaired) electrons. The Morgan fingerprint density at radius 3 is 2.76 bits per heavy atom. The molecule has 11 nitrogen and oxygen atoms in total. The lowest BCUT2D eigenvalue weighted by atomic mass is 10.1. The SMILES string of the molecule is C[C@@H](CN(CCc1nc2c(NCc3ncccc3F)ncnc2s1)C(=O)O)C(=O)Nc1ccccc1N. The molecule has 2 amide bonds. The number of benzene rings is 1. The molecule has 1 aromatic carbocycles. The monoisotopic (exact) mass is 524 g/mol. The largest absolute Gasteiger partial charge is 0.465 e. The number of halogens is 1. The van der Waals surface area contributed by atoms with Crippen molar-refractivity contribution in [1.82, 2.24) is 24.8 Å². The number of thiazole rings is 1. The number of rotatable bonds is 10. The Balaban J connectivity index is 1.38. The molecule has 0 fully saturated rings. The highest BCUT2D eigenvalue weighted by Crippen LogP contribution is 2.25. The van der Waals surface area contributed by atoms with Gasteiger partial charge in [0.05, 0.1) is 34.5 Å². The number of carbonyl (C=O) groups is 2. The Hall–Kier alpha value is -4.39. The van der Waals surface area contributed by atoms with Gasteiger partial charge in [-0.1, -0.05) is 30.4 Å². The van der Waals surface area contributed by atoms with Gasteiger partial charge in [-0.3, -0.25) is 9.78 Å². The van der Waals surface area contributed by atoms with E-state index in [0.29, 0.717) is 39.0 Å². The minimum atomic E-state index is -1.14. The molecule has 0 saturated carbocycles. The Morgan fingerprint density at radius 2 is 2.00 bits per heavy atom. The van der Waals surface area contributed by atoms with Crippen molar-refractivity contribution < 1.29 is 19.1 Å². The van der Waals surface area contributed by atoms with Crippen molar-refractivity contribution in [3.05, 3.63) is 65.4 Å². The van der Waals surface area contributed by atoms with Crippen molar-refractivity contribution in [1.29, 1.82) is 0 Å². The third-order valence-electron chi connectivity index (χ3n) is 5.52. The summed E-state index contributed by atoms with van der Waals surface area (Å²) in [6.07, 6.45) is 2.07. The van der Waals surface area contributed by atoms with Crippen LogP contribution in [0.5, 0.6) is 0 Å². The van der Waals surface area contributed by atoms with Crippen molar-refractivity contribution >= 4 is 50.9 Å². The standard InChI is InChI=1S/C24H25FN8O3S/c1-14(22(34)31-17-7-3-2-6-16(17)26)12-33(24(35)36)10-8-19-32-20-21(29-13-30-23(20)37-19)28-11-18-15(25)5-4-9-27-18/h2-7,9,13-14H,8,10-12,26H2,1H3,(H,31,34)(H,35,36)(H,28,29,30)/t14-/m0/s1. The normalized spacial score (nSPS) is 11.7. The summed E-state index contributed by atoms with van der Waals surface area (Å²) in [5.74, 6) is -0.944. The van der Waals surface area contributed by atoms with Crippen LogP contribution in [-0.4, -0.2) is 55.0 Å². The third kappa shape index (κ3) is 6.44. The van der Waals surface area contributed by atoms with E-state index in [-0.39, 0.29) is 31.2 Å². The van der Waals surface area contributed by atoms with Gasteiger partial charge < -0.3 is 26.4 Å². The molecule has 1 atom stereocenters. The molecule has 192 valence electrons. The molecule has 37 heavy (non-hydrogen) atoms. The number of carboxylic acid groups (broad SMARTS) is 1. The van der Waals surface area contributed by atoms with Gasteiger partial charge in [0.2, 0.25) is 5.91 Å². The summed E-state index contributed by atoms with van der Waals surface area (Å²) in [5, 5.41) is 16.1. The fourth-order valence-corrected chi connectivity index (χ4v) is 4.42. The van der Waals surface area contributed by atoms with Crippen LogP contribution in [0.3, 0.4) is 0 Å². The van der Waals surface area contributed by atoms with Gasteiger partial charge in [-0.15, -0.1) is 0 Å². The molecule has 5 N–H and O–H groups in total. The third-order valence-corrected chi connectivity index (χ3v) is 6.55. The molecule has 13 heteroatoms. The van der Waals surface area contributed by atoms with Crippen LogP contribution in [0.1, 0.15) is 17.6 Å². The highest BCUT2D eigenvalue weighted by atomic mass is 32.1. The van der Waals surface area contributed by atoms with E-state index in [2.05, 4.69) is 30.6 Å². The quantitative estimate of drug-likeness (QED) is 0.227. The predicted molar refractivity (Wildman–Crippen MR) is 139 cm³/mol. The zero-order valence-electron chi connectivity index (χ0n) is 19.9. The molecule has 0 unspecified atom stereocenters. The van der Waals surface area contributed by atoms with E-state index >= 15 is 0 Å². The summed E-state index contributed by atoms with van der Waals surface area (Å²) in [6, 6.07) is 9.70. The number of anilines is 3. The van der Waals surface area contributed by atoms with Crippen LogP contribution in [0.4, 0.5) is 26.4 Å². The molecule has 0 saturated heterocycles. The number of hydrogen-bond donors (Lipinski definition) is 4. The molecule has 4 aromatic rings. The number of nitrogens with one attached hydrogen (secondary N) is 2. The fourth-order valence-electron chi connectivity index (χ4n) is 3.53. The van der Waals surface area contributed by atoms with Gasteiger partial charge in [0, 0.05) is 25.7 Å². The van der Waals surface area contributed by atoms with Crippen LogP contribution < -0.4 is 16.4 Å². The fraction of sp³-hybridized carbons (Fsp3) is 0.250. The number of nitrogens with zero attached hydrogens (tertiary/aromatic N) is 5. The summed E-state index contributed by atoms with van der Waals surface area (Å²) in [6.45, 7) is 1.91. The lowest BCUT2D eigenvalue weighted by Crippen LogP contribution is -2.38. The molecule has 3 aromatic heterocycles. The van der Waals surface area contributed by atoms with Crippen molar-refractivity contribution in [3.63, 3.8) is 0 Å². The Morgan fingerprint density at radius 1 is 1.19 bits per heavy atom. The Bertz CT molecular complexity index is 1420. The van der Waals surface area contributed by atoms with Crippen LogP contribution in [0.2, 0.25) is 0 Å². The van der Waals surface area contributed by atoms with Crippen LogP contribution >= 0.6 is 11.3 Å². The minimum absolute atomic E-state index is 0.00104. The first-order valence-electron chi connectivity index (χ1n) is 11.4. The van der Waals surface area contributed by atoms with E-state index in [1.165, 1.54) is 40.9 Å². The predicted octanol–water partition coefficient (Wildman–Crippen LogP) is 3.61. The van der Waals surface area contributed by atoms with Crippen LogP contribution in [0.15, 0.2) is 48.9 Å². The highest BCUT2D eigenvalue weighted by molar-refractivity contribution is 7.18. The number of hydrogen-bond acceptors (Lipinski definition) is 9.